The summed E-state index contributed by atoms with van der Waals surface area (Å²) >= 11 is 7.12. The number of rotatable bonds is 10. The summed E-state index contributed by atoms with van der Waals surface area (Å²) < 4.78 is 63.5. The number of anilines is 1. The van der Waals surface area contributed by atoms with E-state index >= 15 is 0 Å². The van der Waals surface area contributed by atoms with Gasteiger partial charge in [0.05, 0.1) is 40.0 Å². The van der Waals surface area contributed by atoms with E-state index in [0.717, 1.165) is 15.6 Å². The molecule has 258 valence electrons. The van der Waals surface area contributed by atoms with Crippen LogP contribution in [0.1, 0.15) is 18.9 Å². The molecule has 50 heavy (non-hydrogen) atoms. The average molecular weight is 755 g/mol. The smallest absolute Gasteiger partial charge is 0.278 e. The number of aromatic nitrogens is 6. The van der Waals surface area contributed by atoms with Gasteiger partial charge in [-0.1, -0.05) is 17.7 Å². The van der Waals surface area contributed by atoms with Crippen molar-refractivity contribution in [1.29, 1.82) is 5.26 Å². The van der Waals surface area contributed by atoms with Gasteiger partial charge < -0.3 is 10.1 Å². The average Bonchev–Trinajstić information content (AvgIpc) is 3.83. The Kier molecular flexibility index (Phi) is 8.39. The summed E-state index contributed by atoms with van der Waals surface area (Å²) in [6.45, 7) is 1.67. The zero-order valence-corrected chi connectivity index (χ0v) is 29.6. The van der Waals surface area contributed by atoms with Gasteiger partial charge in [0.2, 0.25) is 10.0 Å². The number of nitriles is 1. The van der Waals surface area contributed by atoms with Crippen molar-refractivity contribution in [3.63, 3.8) is 0 Å². The molecule has 0 atom stereocenters. The van der Waals surface area contributed by atoms with Crippen LogP contribution in [0.2, 0.25) is 4.34 Å². The summed E-state index contributed by atoms with van der Waals surface area (Å²) in [5.74, 6) is -0.580. The van der Waals surface area contributed by atoms with Crippen LogP contribution < -0.4 is 5.32 Å². The predicted octanol–water partition coefficient (Wildman–Crippen LogP) is 3.29. The lowest BCUT2D eigenvalue weighted by atomic mass is 9.89. The summed E-state index contributed by atoms with van der Waals surface area (Å²) in [5, 5.41) is 17.3. The van der Waals surface area contributed by atoms with Crippen molar-refractivity contribution in [1.82, 2.24) is 37.9 Å². The maximum absolute atomic E-state index is 13.6. The highest BCUT2D eigenvalue weighted by atomic mass is 35.5. The molecule has 0 aromatic carbocycles. The number of amides is 1. The van der Waals surface area contributed by atoms with Crippen molar-refractivity contribution in [2.24, 2.45) is 0 Å². The maximum atomic E-state index is 13.6. The number of hydrogen-bond acceptors (Lipinski definition) is 12. The van der Waals surface area contributed by atoms with Gasteiger partial charge in [0.25, 0.3) is 15.9 Å². The Labute approximate surface area is 295 Å². The van der Waals surface area contributed by atoms with Crippen LogP contribution in [0.4, 0.5) is 5.82 Å². The van der Waals surface area contributed by atoms with Gasteiger partial charge in [0.15, 0.2) is 22.4 Å². The minimum absolute atomic E-state index is 0.00580. The molecule has 2 aliphatic heterocycles. The molecule has 2 aliphatic rings. The zero-order valence-electron chi connectivity index (χ0n) is 26.4. The number of sulfonamides is 2. The molecule has 0 radical (unpaired) electrons. The third-order valence-electron chi connectivity index (χ3n) is 8.51. The molecule has 0 bridgehead atoms. The number of pyridine rings is 1. The van der Waals surface area contributed by atoms with Gasteiger partial charge >= 0.3 is 0 Å². The Morgan fingerprint density at radius 2 is 2.02 bits per heavy atom. The molecule has 5 aromatic heterocycles. The highest BCUT2D eigenvalue weighted by molar-refractivity contribution is 7.91. The number of halogens is 1. The van der Waals surface area contributed by atoms with E-state index in [0.29, 0.717) is 22.3 Å². The van der Waals surface area contributed by atoms with Crippen LogP contribution in [0, 0.1) is 11.3 Å². The Bertz CT molecular complexity index is 2450. The van der Waals surface area contributed by atoms with E-state index in [1.54, 1.807) is 59.0 Å². The van der Waals surface area contributed by atoms with E-state index in [2.05, 4.69) is 31.4 Å². The van der Waals surface area contributed by atoms with Crippen molar-refractivity contribution in [2.75, 3.05) is 31.2 Å². The normalized spacial score (nSPS) is 16.9. The lowest BCUT2D eigenvalue weighted by molar-refractivity contribution is -0.113. The Hall–Kier alpha value is -4.87. The molecule has 0 aliphatic carbocycles. The number of thiophene rings is 1. The molecular formula is C30H27ClN10O6S3. The van der Waals surface area contributed by atoms with Gasteiger partial charge in [-0.05, 0) is 31.2 Å². The second kappa shape index (κ2) is 12.5. The van der Waals surface area contributed by atoms with E-state index in [9.17, 15) is 26.9 Å². The largest absolute Gasteiger partial charge is 0.470 e. The molecule has 0 unspecified atom stereocenters. The number of fused-ring (bicyclic) bond motifs is 2. The van der Waals surface area contributed by atoms with Crippen molar-refractivity contribution in [3.8, 4) is 17.3 Å². The fraction of sp³-hybridized carbons (Fsp3) is 0.267. The first-order valence-electron chi connectivity index (χ1n) is 15.0. The second-order valence-corrected chi connectivity index (χ2v) is 17.6. The summed E-state index contributed by atoms with van der Waals surface area (Å²) in [7, 11) is -6.27. The van der Waals surface area contributed by atoms with Gasteiger partial charge in [-0.25, -0.2) is 31.8 Å². The van der Waals surface area contributed by atoms with Crippen LogP contribution in [-0.2, 0) is 41.8 Å². The quantitative estimate of drug-likeness (QED) is 0.220. The van der Waals surface area contributed by atoms with Crippen molar-refractivity contribution in [3.05, 3.63) is 77.0 Å². The monoisotopic (exact) mass is 754 g/mol. The number of nitrogens with one attached hydrogen (secondary N) is 1. The highest BCUT2D eigenvalue weighted by Gasteiger charge is 2.50. The summed E-state index contributed by atoms with van der Waals surface area (Å²) in [5.41, 5.74) is 0.714. The lowest BCUT2D eigenvalue weighted by Gasteiger charge is -2.47. The molecule has 7 rings (SSSR count). The van der Waals surface area contributed by atoms with Gasteiger partial charge in [0.1, 0.15) is 23.3 Å². The van der Waals surface area contributed by atoms with Crippen LogP contribution in [-0.4, -0.2) is 86.5 Å². The molecule has 1 saturated heterocycles. The molecule has 7 heterocycles. The lowest BCUT2D eigenvalue weighted by Crippen LogP contribution is -2.64. The standard InChI is InChI=1S/C30H27ClN10O6S3/c1-3-49(43,44)40-15-30(16-40,8-9-32)41-14-19(13-36-41)24-20-7-11-39(27(20)35-17-34-24)18-47-26-21-12-22(31)48-29(21)50(45,46)38(2)25(26)28(42)37-23-6-4-5-10-33-23/h4-7,10-14,17H,3,8,15-16,18H2,1-2H3,(H,33,37,42). The minimum Gasteiger partial charge on any atom is -0.470 e. The van der Waals surface area contributed by atoms with Crippen LogP contribution in [0.25, 0.3) is 28.0 Å². The van der Waals surface area contributed by atoms with Crippen LogP contribution in [0.15, 0.2) is 71.4 Å². The first kappa shape index (κ1) is 33.6. The zero-order chi connectivity index (χ0) is 35.4. The van der Waals surface area contributed by atoms with E-state index in [4.69, 9.17) is 16.3 Å². The van der Waals surface area contributed by atoms with Gasteiger partial charge in [-0.3, -0.25) is 18.3 Å². The molecular weight excluding hydrogens is 728 g/mol. The third-order valence-corrected chi connectivity index (χ3v) is 13.8. The first-order chi connectivity index (χ1) is 23.9. The fourth-order valence-electron chi connectivity index (χ4n) is 5.87. The highest BCUT2D eigenvalue weighted by Crippen LogP contribution is 2.44. The molecule has 0 spiro atoms. The maximum Gasteiger partial charge on any atom is 0.278 e. The minimum atomic E-state index is -4.12. The number of carbonyl (C=O) groups is 1. The van der Waals surface area contributed by atoms with Crippen molar-refractivity contribution >= 4 is 71.5 Å². The molecule has 1 fully saturated rings. The predicted molar refractivity (Wildman–Crippen MR) is 183 cm³/mol. The van der Waals surface area contributed by atoms with E-state index in [1.165, 1.54) is 29.9 Å². The number of nitrogens with zero attached hydrogens (tertiary/aromatic N) is 9. The molecule has 5 aromatic rings. The fourth-order valence-corrected chi connectivity index (χ4v) is 10.3. The molecule has 20 heteroatoms. The SMILES string of the molecule is CCS(=O)(=O)N1CC(CC#N)(n2cc(-c3ncnc4c3ccn4COC3=C(C(=O)Nc4ccccn4)N(C)S(=O)(=O)c4sc(Cl)cc43)cn2)C1. The first-order valence-corrected chi connectivity index (χ1v) is 19.2. The molecule has 1 amide bonds. The van der Waals surface area contributed by atoms with E-state index < -0.39 is 31.5 Å². The van der Waals surface area contributed by atoms with Gasteiger partial charge in [0, 0.05) is 49.7 Å². The Morgan fingerprint density at radius 1 is 1.22 bits per heavy atom. The van der Waals surface area contributed by atoms with Crippen LogP contribution in [0.3, 0.4) is 0 Å². The van der Waals surface area contributed by atoms with Gasteiger partial charge in [-0.15, -0.1) is 11.3 Å². The third kappa shape index (κ3) is 5.58. The Balaban J connectivity index is 1.21. The van der Waals surface area contributed by atoms with Crippen LogP contribution >= 0.6 is 22.9 Å². The number of ether oxygens (including phenoxy) is 1. The summed E-state index contributed by atoms with van der Waals surface area (Å²) in [6, 6.07) is 10.3. The summed E-state index contributed by atoms with van der Waals surface area (Å²) in [6.07, 6.45) is 7.98. The molecule has 16 nitrogen and oxygen atoms in total. The van der Waals surface area contributed by atoms with E-state index in [-0.39, 0.29) is 63.4 Å². The number of likely N-dealkylation sites (N-methyl/N-ethyl adjacent to an activating group) is 1. The molecule has 0 saturated carbocycles. The number of carbonyl (C=O) groups excluding carboxylic acids is 1. The van der Waals surface area contributed by atoms with Crippen molar-refractivity contribution < 1.29 is 26.4 Å². The summed E-state index contributed by atoms with van der Waals surface area (Å²) in [4.78, 5) is 26.6. The second-order valence-electron chi connectivity index (χ2n) is 11.5. The van der Waals surface area contributed by atoms with Gasteiger partial charge in [-0.2, -0.15) is 14.7 Å². The van der Waals surface area contributed by atoms with E-state index in [1.807, 2.05) is 0 Å². The van der Waals surface area contributed by atoms with Crippen molar-refractivity contribution in [2.45, 2.75) is 29.8 Å². The molecule has 1 N–H and O–H groups in total. The number of hydrogen-bond donors (Lipinski definition) is 1. The van der Waals surface area contributed by atoms with Crippen LogP contribution in [0.5, 0.6) is 0 Å². The Morgan fingerprint density at radius 3 is 2.74 bits per heavy atom. The topological polar surface area (TPSA) is 198 Å².